The largest absolute Gasteiger partial charge is 0.354 e. The Bertz CT molecular complexity index is 726. The van der Waals surface area contributed by atoms with E-state index in [0.717, 1.165) is 0 Å². The number of nitriles is 1. The molecule has 100 valence electrons. The topological polar surface area (TPSA) is 79.0 Å². The molecule has 7 heteroatoms. The zero-order valence-electron chi connectivity index (χ0n) is 9.93. The Morgan fingerprint density at radius 3 is 2.55 bits per heavy atom. The summed E-state index contributed by atoms with van der Waals surface area (Å²) in [6.45, 7) is 0. The van der Waals surface area contributed by atoms with E-state index in [0.29, 0.717) is 21.4 Å². The minimum absolute atomic E-state index is 0.0231. The van der Waals surface area contributed by atoms with Crippen LogP contribution in [-0.2, 0) is 0 Å². The summed E-state index contributed by atoms with van der Waals surface area (Å²) in [5.74, 6) is 0. The number of benzene rings is 2. The molecule has 2 aromatic carbocycles. The Morgan fingerprint density at radius 1 is 1.20 bits per heavy atom. The van der Waals surface area contributed by atoms with Gasteiger partial charge >= 0.3 is 0 Å². The maximum Gasteiger partial charge on any atom is 0.287 e. The summed E-state index contributed by atoms with van der Waals surface area (Å²) in [6.07, 6.45) is 0. The van der Waals surface area contributed by atoms with Crippen LogP contribution in [0.2, 0.25) is 10.0 Å². The molecule has 0 radical (unpaired) electrons. The fourth-order valence-corrected chi connectivity index (χ4v) is 2.06. The Labute approximate surface area is 124 Å². The van der Waals surface area contributed by atoms with Gasteiger partial charge in [0.2, 0.25) is 0 Å². The van der Waals surface area contributed by atoms with Crippen molar-refractivity contribution in [2.45, 2.75) is 0 Å². The highest BCUT2D eigenvalue weighted by Gasteiger charge is 2.14. The molecule has 0 amide bonds. The van der Waals surface area contributed by atoms with Crippen LogP contribution in [0.15, 0.2) is 36.4 Å². The monoisotopic (exact) mass is 307 g/mol. The predicted molar refractivity (Wildman–Crippen MR) is 77.6 cm³/mol. The van der Waals surface area contributed by atoms with Gasteiger partial charge < -0.3 is 5.32 Å². The molecule has 20 heavy (non-hydrogen) atoms. The van der Waals surface area contributed by atoms with E-state index in [1.807, 2.05) is 0 Å². The van der Waals surface area contributed by atoms with Crippen molar-refractivity contribution in [1.29, 1.82) is 5.26 Å². The fourth-order valence-electron chi connectivity index (χ4n) is 1.61. The minimum atomic E-state index is -0.600. The predicted octanol–water partition coefficient (Wildman–Crippen LogP) is 4.52. The summed E-state index contributed by atoms with van der Waals surface area (Å²) in [6, 6.07) is 10.9. The van der Waals surface area contributed by atoms with Gasteiger partial charge in [-0.3, -0.25) is 10.1 Å². The van der Waals surface area contributed by atoms with Gasteiger partial charge in [-0.05, 0) is 30.3 Å². The highest BCUT2D eigenvalue weighted by atomic mass is 35.5. The number of nitro groups is 1. The SMILES string of the molecule is N#Cc1cc(Nc2ccc(Cl)cc2Cl)ccc1[N+](=O)[O-]. The molecule has 0 aliphatic rings. The zero-order chi connectivity index (χ0) is 14.7. The van der Waals surface area contributed by atoms with E-state index in [-0.39, 0.29) is 11.3 Å². The van der Waals surface area contributed by atoms with Gasteiger partial charge in [0.15, 0.2) is 0 Å². The van der Waals surface area contributed by atoms with Crippen molar-refractivity contribution in [3.05, 3.63) is 62.1 Å². The second kappa shape index (κ2) is 5.78. The summed E-state index contributed by atoms with van der Waals surface area (Å²) < 4.78 is 0. The lowest BCUT2D eigenvalue weighted by atomic mass is 10.1. The summed E-state index contributed by atoms with van der Waals surface area (Å²) in [7, 11) is 0. The van der Waals surface area contributed by atoms with Crippen LogP contribution in [0.3, 0.4) is 0 Å². The highest BCUT2D eigenvalue weighted by molar-refractivity contribution is 6.36. The van der Waals surface area contributed by atoms with Gasteiger partial charge in [0, 0.05) is 16.8 Å². The first kappa shape index (κ1) is 14.1. The third-order valence-corrected chi connectivity index (χ3v) is 3.07. The van der Waals surface area contributed by atoms with E-state index in [1.165, 1.54) is 18.2 Å². The van der Waals surface area contributed by atoms with Crippen LogP contribution in [0, 0.1) is 21.4 Å². The molecule has 0 fully saturated rings. The lowest BCUT2D eigenvalue weighted by Gasteiger charge is -2.09. The van der Waals surface area contributed by atoms with Crippen LogP contribution in [0.25, 0.3) is 0 Å². The Hall–Kier alpha value is -2.29. The first-order valence-corrected chi connectivity index (χ1v) is 6.17. The first-order chi connectivity index (χ1) is 9.51. The molecule has 0 unspecified atom stereocenters. The number of halogens is 2. The highest BCUT2D eigenvalue weighted by Crippen LogP contribution is 2.30. The number of rotatable bonds is 3. The molecule has 0 spiro atoms. The number of nitro benzene ring substituents is 1. The number of nitrogens with zero attached hydrogens (tertiary/aromatic N) is 2. The summed E-state index contributed by atoms with van der Waals surface area (Å²) in [5.41, 5.74) is 0.857. The molecule has 0 saturated carbocycles. The molecule has 2 rings (SSSR count). The lowest BCUT2D eigenvalue weighted by molar-refractivity contribution is -0.385. The minimum Gasteiger partial charge on any atom is -0.354 e. The van der Waals surface area contributed by atoms with Crippen LogP contribution in [0.4, 0.5) is 17.1 Å². The molecule has 0 aliphatic heterocycles. The summed E-state index contributed by atoms with van der Waals surface area (Å²) in [5, 5.41) is 23.6. The molecule has 0 aliphatic carbocycles. The molecule has 2 aromatic rings. The number of hydrogen-bond donors (Lipinski definition) is 1. The van der Waals surface area contributed by atoms with Gasteiger partial charge in [0.25, 0.3) is 5.69 Å². The van der Waals surface area contributed by atoms with Gasteiger partial charge in [-0.2, -0.15) is 5.26 Å². The molecular weight excluding hydrogens is 301 g/mol. The van der Waals surface area contributed by atoms with Crippen molar-refractivity contribution in [3.63, 3.8) is 0 Å². The van der Waals surface area contributed by atoms with Gasteiger partial charge in [-0.15, -0.1) is 0 Å². The normalized spacial score (nSPS) is 9.85. The Kier molecular flexibility index (Phi) is 4.08. The average Bonchev–Trinajstić information content (AvgIpc) is 2.41. The lowest BCUT2D eigenvalue weighted by Crippen LogP contribution is -1.96. The van der Waals surface area contributed by atoms with E-state index in [1.54, 1.807) is 24.3 Å². The number of hydrogen-bond acceptors (Lipinski definition) is 4. The zero-order valence-corrected chi connectivity index (χ0v) is 11.4. The molecular formula is C13H7Cl2N3O2. The maximum atomic E-state index is 10.7. The van der Waals surface area contributed by atoms with Crippen molar-refractivity contribution < 1.29 is 4.92 Å². The van der Waals surface area contributed by atoms with Gasteiger partial charge in [0.05, 0.1) is 15.6 Å². The van der Waals surface area contributed by atoms with E-state index in [2.05, 4.69) is 5.32 Å². The smallest absolute Gasteiger partial charge is 0.287 e. The van der Waals surface area contributed by atoms with Crippen molar-refractivity contribution in [2.24, 2.45) is 0 Å². The molecule has 1 N–H and O–H groups in total. The summed E-state index contributed by atoms with van der Waals surface area (Å²) in [4.78, 5) is 10.1. The number of nitrogens with one attached hydrogen (secondary N) is 1. The number of anilines is 2. The Balaban J connectivity index is 2.35. The second-order valence-corrected chi connectivity index (χ2v) is 4.69. The van der Waals surface area contributed by atoms with Crippen LogP contribution >= 0.6 is 23.2 Å². The van der Waals surface area contributed by atoms with E-state index in [9.17, 15) is 10.1 Å². The van der Waals surface area contributed by atoms with Crippen LogP contribution in [-0.4, -0.2) is 4.92 Å². The fraction of sp³-hybridized carbons (Fsp3) is 0. The van der Waals surface area contributed by atoms with Gasteiger partial charge in [0.1, 0.15) is 11.6 Å². The van der Waals surface area contributed by atoms with Crippen molar-refractivity contribution in [1.82, 2.24) is 0 Å². The average molecular weight is 308 g/mol. The molecule has 0 atom stereocenters. The van der Waals surface area contributed by atoms with E-state index < -0.39 is 4.92 Å². The molecule has 0 aromatic heterocycles. The molecule has 0 heterocycles. The van der Waals surface area contributed by atoms with Crippen molar-refractivity contribution >= 4 is 40.3 Å². The first-order valence-electron chi connectivity index (χ1n) is 5.42. The van der Waals surface area contributed by atoms with Crippen LogP contribution in [0.1, 0.15) is 5.56 Å². The van der Waals surface area contributed by atoms with E-state index >= 15 is 0 Å². The summed E-state index contributed by atoms with van der Waals surface area (Å²) >= 11 is 11.8. The van der Waals surface area contributed by atoms with Gasteiger partial charge in [-0.25, -0.2) is 0 Å². The molecule has 0 saturated heterocycles. The van der Waals surface area contributed by atoms with Gasteiger partial charge in [-0.1, -0.05) is 23.2 Å². The third-order valence-electron chi connectivity index (χ3n) is 2.52. The van der Waals surface area contributed by atoms with Crippen LogP contribution in [0.5, 0.6) is 0 Å². The second-order valence-electron chi connectivity index (χ2n) is 3.85. The quantitative estimate of drug-likeness (QED) is 0.668. The molecule has 0 bridgehead atoms. The molecule has 5 nitrogen and oxygen atoms in total. The van der Waals surface area contributed by atoms with Crippen molar-refractivity contribution in [3.8, 4) is 6.07 Å². The standard InChI is InChI=1S/C13H7Cl2N3O2/c14-9-1-3-12(11(15)6-9)17-10-2-4-13(18(19)20)8(5-10)7-16/h1-6,17H. The maximum absolute atomic E-state index is 10.7. The van der Waals surface area contributed by atoms with Crippen molar-refractivity contribution in [2.75, 3.05) is 5.32 Å². The van der Waals surface area contributed by atoms with E-state index in [4.69, 9.17) is 28.5 Å². The Morgan fingerprint density at radius 2 is 1.95 bits per heavy atom. The third kappa shape index (κ3) is 2.99. The van der Waals surface area contributed by atoms with Crippen LogP contribution < -0.4 is 5.32 Å².